The standard InChI is InChI=1S/C16H16O3/c1-18-14-10-8-13(9-11-14)15(16(17)19-2)12-6-4-3-5-7-12/h3-11,15H,1-2H3. The predicted molar refractivity (Wildman–Crippen MR) is 73.3 cm³/mol. The molecule has 0 bridgehead atoms. The lowest BCUT2D eigenvalue weighted by atomic mass is 9.91. The number of rotatable bonds is 4. The molecule has 0 spiro atoms. The van der Waals surface area contributed by atoms with E-state index in [4.69, 9.17) is 9.47 Å². The first-order valence-electron chi connectivity index (χ1n) is 6.03. The summed E-state index contributed by atoms with van der Waals surface area (Å²) in [6.45, 7) is 0. The van der Waals surface area contributed by atoms with Crippen LogP contribution in [0.1, 0.15) is 17.0 Å². The largest absolute Gasteiger partial charge is 0.497 e. The van der Waals surface area contributed by atoms with Crippen molar-refractivity contribution < 1.29 is 14.3 Å². The van der Waals surface area contributed by atoms with Gasteiger partial charge in [-0.3, -0.25) is 4.79 Å². The van der Waals surface area contributed by atoms with Crippen molar-refractivity contribution in [2.75, 3.05) is 14.2 Å². The van der Waals surface area contributed by atoms with Gasteiger partial charge in [0.2, 0.25) is 0 Å². The molecule has 0 aromatic heterocycles. The molecule has 98 valence electrons. The molecule has 0 saturated heterocycles. The lowest BCUT2D eigenvalue weighted by Crippen LogP contribution is -2.15. The second-order valence-corrected chi connectivity index (χ2v) is 4.14. The third kappa shape index (κ3) is 2.94. The lowest BCUT2D eigenvalue weighted by molar-refractivity contribution is -0.141. The second kappa shape index (κ2) is 6.05. The van der Waals surface area contributed by atoms with Gasteiger partial charge in [0.05, 0.1) is 14.2 Å². The van der Waals surface area contributed by atoms with Crippen LogP contribution >= 0.6 is 0 Å². The van der Waals surface area contributed by atoms with E-state index < -0.39 is 5.92 Å². The molecule has 1 unspecified atom stereocenters. The minimum atomic E-state index is -0.405. The summed E-state index contributed by atoms with van der Waals surface area (Å²) in [5.41, 5.74) is 1.80. The Kier molecular flexibility index (Phi) is 4.18. The first-order valence-corrected chi connectivity index (χ1v) is 6.03. The minimum absolute atomic E-state index is 0.267. The van der Waals surface area contributed by atoms with Crippen LogP contribution in [0.3, 0.4) is 0 Å². The zero-order valence-corrected chi connectivity index (χ0v) is 11.0. The van der Waals surface area contributed by atoms with E-state index >= 15 is 0 Å². The van der Waals surface area contributed by atoms with Gasteiger partial charge >= 0.3 is 5.97 Å². The Morgan fingerprint density at radius 3 is 2.00 bits per heavy atom. The molecule has 0 N–H and O–H groups in total. The van der Waals surface area contributed by atoms with Gasteiger partial charge in [0.25, 0.3) is 0 Å². The molecular formula is C16H16O3. The van der Waals surface area contributed by atoms with Crippen molar-refractivity contribution in [2.45, 2.75) is 5.92 Å². The maximum Gasteiger partial charge on any atom is 0.317 e. The Morgan fingerprint density at radius 1 is 0.895 bits per heavy atom. The number of methoxy groups -OCH3 is 2. The van der Waals surface area contributed by atoms with Crippen LogP contribution in [0.5, 0.6) is 5.75 Å². The van der Waals surface area contributed by atoms with Crippen LogP contribution in [0.2, 0.25) is 0 Å². The number of carbonyl (C=O) groups excluding carboxylic acids is 1. The quantitative estimate of drug-likeness (QED) is 0.789. The molecule has 2 rings (SSSR count). The number of hydrogen-bond donors (Lipinski definition) is 0. The fourth-order valence-corrected chi connectivity index (χ4v) is 2.02. The summed E-state index contributed by atoms with van der Waals surface area (Å²) in [5.74, 6) is 0.0916. The zero-order chi connectivity index (χ0) is 13.7. The fourth-order valence-electron chi connectivity index (χ4n) is 2.02. The Labute approximate surface area is 112 Å². The van der Waals surface area contributed by atoms with Gasteiger partial charge < -0.3 is 9.47 Å². The van der Waals surface area contributed by atoms with Crippen LogP contribution in [-0.2, 0) is 9.53 Å². The van der Waals surface area contributed by atoms with E-state index in [1.54, 1.807) is 7.11 Å². The Balaban J connectivity index is 2.40. The average Bonchev–Trinajstić information content (AvgIpc) is 2.49. The number of hydrogen-bond acceptors (Lipinski definition) is 3. The molecule has 0 radical (unpaired) electrons. The summed E-state index contributed by atoms with van der Waals surface area (Å²) in [7, 11) is 3.02. The van der Waals surface area contributed by atoms with Crippen LogP contribution in [0.4, 0.5) is 0 Å². The van der Waals surface area contributed by atoms with Crippen molar-refractivity contribution in [2.24, 2.45) is 0 Å². The summed E-state index contributed by atoms with van der Waals surface area (Å²) in [6.07, 6.45) is 0. The molecule has 2 aromatic rings. The molecule has 0 amide bonds. The van der Waals surface area contributed by atoms with Gasteiger partial charge in [0, 0.05) is 0 Å². The van der Waals surface area contributed by atoms with Gasteiger partial charge in [0.1, 0.15) is 11.7 Å². The van der Waals surface area contributed by atoms with Gasteiger partial charge in [-0.1, -0.05) is 42.5 Å². The molecule has 0 aliphatic heterocycles. The van der Waals surface area contributed by atoms with Gasteiger partial charge in [-0.15, -0.1) is 0 Å². The number of benzene rings is 2. The van der Waals surface area contributed by atoms with Gasteiger partial charge in [-0.05, 0) is 23.3 Å². The Morgan fingerprint density at radius 2 is 1.47 bits per heavy atom. The highest BCUT2D eigenvalue weighted by molar-refractivity contribution is 5.82. The molecule has 3 nitrogen and oxygen atoms in total. The van der Waals surface area contributed by atoms with E-state index in [2.05, 4.69) is 0 Å². The molecule has 0 heterocycles. The van der Waals surface area contributed by atoms with Crippen LogP contribution in [0.25, 0.3) is 0 Å². The molecule has 2 aromatic carbocycles. The van der Waals surface area contributed by atoms with Crippen LogP contribution < -0.4 is 4.74 Å². The summed E-state index contributed by atoms with van der Waals surface area (Å²) in [6, 6.07) is 17.0. The SMILES string of the molecule is COC(=O)C(c1ccccc1)c1ccc(OC)cc1. The minimum Gasteiger partial charge on any atom is -0.497 e. The van der Waals surface area contributed by atoms with E-state index in [1.165, 1.54) is 7.11 Å². The normalized spacial score (nSPS) is 11.7. The predicted octanol–water partition coefficient (Wildman–Crippen LogP) is 3.00. The highest BCUT2D eigenvalue weighted by Crippen LogP contribution is 2.27. The third-order valence-corrected chi connectivity index (χ3v) is 3.02. The molecule has 3 heteroatoms. The summed E-state index contributed by atoms with van der Waals surface area (Å²) < 4.78 is 10.0. The van der Waals surface area contributed by atoms with Crippen molar-refractivity contribution in [3.05, 3.63) is 65.7 Å². The van der Waals surface area contributed by atoms with E-state index in [0.717, 1.165) is 16.9 Å². The van der Waals surface area contributed by atoms with Crippen LogP contribution in [0, 0.1) is 0 Å². The fraction of sp³-hybridized carbons (Fsp3) is 0.188. The van der Waals surface area contributed by atoms with E-state index in [-0.39, 0.29) is 5.97 Å². The molecular weight excluding hydrogens is 240 g/mol. The first-order chi connectivity index (χ1) is 9.26. The van der Waals surface area contributed by atoms with E-state index in [0.29, 0.717) is 0 Å². The molecule has 19 heavy (non-hydrogen) atoms. The van der Waals surface area contributed by atoms with Crippen molar-refractivity contribution in [1.82, 2.24) is 0 Å². The maximum atomic E-state index is 12.0. The van der Waals surface area contributed by atoms with Gasteiger partial charge in [-0.25, -0.2) is 0 Å². The topological polar surface area (TPSA) is 35.5 Å². The van der Waals surface area contributed by atoms with E-state index in [9.17, 15) is 4.79 Å². The summed E-state index contributed by atoms with van der Waals surface area (Å²) in [5, 5.41) is 0. The first kappa shape index (κ1) is 13.1. The monoisotopic (exact) mass is 256 g/mol. The van der Waals surface area contributed by atoms with Crippen molar-refractivity contribution >= 4 is 5.97 Å². The Hall–Kier alpha value is -2.29. The molecule has 0 aliphatic carbocycles. The van der Waals surface area contributed by atoms with E-state index in [1.807, 2.05) is 54.6 Å². The Bertz CT molecular complexity index is 532. The highest BCUT2D eigenvalue weighted by atomic mass is 16.5. The number of ether oxygens (including phenoxy) is 2. The van der Waals surface area contributed by atoms with Gasteiger partial charge in [0.15, 0.2) is 0 Å². The lowest BCUT2D eigenvalue weighted by Gasteiger charge is -2.15. The maximum absolute atomic E-state index is 12.0. The summed E-state index contributed by atoms with van der Waals surface area (Å²) in [4.78, 5) is 12.0. The number of esters is 1. The van der Waals surface area contributed by atoms with Gasteiger partial charge in [-0.2, -0.15) is 0 Å². The van der Waals surface area contributed by atoms with Crippen molar-refractivity contribution in [1.29, 1.82) is 0 Å². The average molecular weight is 256 g/mol. The third-order valence-electron chi connectivity index (χ3n) is 3.02. The van der Waals surface area contributed by atoms with Crippen molar-refractivity contribution in [3.8, 4) is 5.75 Å². The van der Waals surface area contributed by atoms with Crippen LogP contribution in [-0.4, -0.2) is 20.2 Å². The number of carbonyl (C=O) groups is 1. The smallest absolute Gasteiger partial charge is 0.317 e. The summed E-state index contributed by atoms with van der Waals surface area (Å²) >= 11 is 0. The molecule has 0 saturated carbocycles. The van der Waals surface area contributed by atoms with Crippen LogP contribution in [0.15, 0.2) is 54.6 Å². The zero-order valence-electron chi connectivity index (χ0n) is 11.0. The highest BCUT2D eigenvalue weighted by Gasteiger charge is 2.23. The van der Waals surface area contributed by atoms with Crippen molar-refractivity contribution in [3.63, 3.8) is 0 Å². The molecule has 0 fully saturated rings. The molecule has 1 atom stereocenters. The molecule has 0 aliphatic rings. The second-order valence-electron chi connectivity index (χ2n) is 4.14.